The molecule has 11 heteroatoms. The molecule has 0 spiro atoms. The average molecular weight is 410 g/mol. The van der Waals surface area contributed by atoms with E-state index in [1.165, 1.54) is 0 Å². The lowest BCUT2D eigenvalue weighted by molar-refractivity contribution is -0.145. The van der Waals surface area contributed by atoms with E-state index in [1.807, 2.05) is 11.5 Å². The zero-order valence-electron chi connectivity index (χ0n) is 15.0. The molecule has 1 saturated heterocycles. The molecule has 4 rings (SSSR count). The average Bonchev–Trinajstić information content (AvgIpc) is 3.10. The summed E-state index contributed by atoms with van der Waals surface area (Å²) in [5, 5.41) is 9.69. The summed E-state index contributed by atoms with van der Waals surface area (Å²) in [6.07, 6.45) is -4.63. The molecule has 3 aromatic rings. The number of alkyl halides is 3. The lowest BCUT2D eigenvalue weighted by Crippen LogP contribution is -2.38. The van der Waals surface area contributed by atoms with E-state index in [4.69, 9.17) is 4.74 Å². The Morgan fingerprint density at radius 2 is 1.86 bits per heavy atom. The van der Waals surface area contributed by atoms with Gasteiger partial charge in [0, 0.05) is 25.0 Å². The van der Waals surface area contributed by atoms with Gasteiger partial charge in [-0.25, -0.2) is 9.97 Å². The van der Waals surface area contributed by atoms with Crippen molar-refractivity contribution in [3.05, 3.63) is 30.1 Å². The van der Waals surface area contributed by atoms with Gasteiger partial charge in [-0.1, -0.05) is 18.2 Å². The van der Waals surface area contributed by atoms with Crippen LogP contribution in [0, 0.1) is 0 Å². The number of fused-ring (bicyclic) bond motifs is 1. The summed E-state index contributed by atoms with van der Waals surface area (Å²) in [7, 11) is 0. The van der Waals surface area contributed by atoms with Crippen LogP contribution < -0.4 is 4.90 Å². The van der Waals surface area contributed by atoms with Gasteiger partial charge in [0.2, 0.25) is 11.8 Å². The molecule has 0 bridgehead atoms. The number of benzene rings is 1. The number of para-hydroxylation sites is 1. The van der Waals surface area contributed by atoms with Crippen molar-refractivity contribution in [1.29, 1.82) is 0 Å². The first-order valence-electron chi connectivity index (χ1n) is 8.75. The molecule has 1 fully saturated rings. The molecule has 0 N–H and O–H groups in total. The van der Waals surface area contributed by atoms with E-state index in [-0.39, 0.29) is 10.5 Å². The van der Waals surface area contributed by atoms with Crippen LogP contribution in [-0.4, -0.2) is 51.0 Å². The van der Waals surface area contributed by atoms with Crippen LogP contribution in [0.25, 0.3) is 10.9 Å². The highest BCUT2D eigenvalue weighted by molar-refractivity contribution is 7.99. The fourth-order valence-corrected chi connectivity index (χ4v) is 3.96. The van der Waals surface area contributed by atoms with Gasteiger partial charge < -0.3 is 9.64 Å². The largest absolute Gasteiger partial charge is 0.451 e. The maximum atomic E-state index is 13.2. The molecule has 1 aliphatic heterocycles. The van der Waals surface area contributed by atoms with Crippen LogP contribution >= 0.6 is 11.8 Å². The first-order chi connectivity index (χ1) is 13.5. The van der Waals surface area contributed by atoms with Gasteiger partial charge in [-0.15, -0.1) is 10.2 Å². The van der Waals surface area contributed by atoms with Crippen molar-refractivity contribution >= 4 is 28.6 Å². The summed E-state index contributed by atoms with van der Waals surface area (Å²) < 4.78 is 47.0. The third-order valence-electron chi connectivity index (χ3n) is 4.32. The van der Waals surface area contributed by atoms with Gasteiger partial charge in [0.25, 0.3) is 0 Å². The van der Waals surface area contributed by atoms with E-state index in [0.29, 0.717) is 49.3 Å². The van der Waals surface area contributed by atoms with E-state index < -0.39 is 12.0 Å². The lowest BCUT2D eigenvalue weighted by Gasteiger charge is -2.27. The number of ether oxygens (including phenoxy) is 1. The van der Waals surface area contributed by atoms with Gasteiger partial charge in [0.05, 0.1) is 18.7 Å². The Hall–Kier alpha value is -2.40. The zero-order chi connectivity index (χ0) is 19.7. The fraction of sp³-hybridized carbons (Fsp3) is 0.412. The molecule has 0 atom stereocenters. The van der Waals surface area contributed by atoms with Crippen molar-refractivity contribution in [2.24, 2.45) is 0 Å². The van der Waals surface area contributed by atoms with Crippen LogP contribution in [0.3, 0.4) is 0 Å². The summed E-state index contributed by atoms with van der Waals surface area (Å²) >= 11 is 1.06. The van der Waals surface area contributed by atoms with Gasteiger partial charge in [-0.05, 0) is 24.8 Å². The molecule has 28 heavy (non-hydrogen) atoms. The standard InChI is InChI=1S/C17H17F3N6OS/c1-2-26-15(25-7-9-27-10-8-25)23-24-16(26)28-13-11-5-3-4-6-12(11)21-14(22-13)17(18,19)20/h3-6H,2,7-10H2,1H3. The molecule has 0 aliphatic carbocycles. The van der Waals surface area contributed by atoms with Gasteiger partial charge in [-0.3, -0.25) is 4.57 Å². The number of anilines is 1. The van der Waals surface area contributed by atoms with Crippen LogP contribution in [0.1, 0.15) is 12.7 Å². The second kappa shape index (κ2) is 7.55. The summed E-state index contributed by atoms with van der Waals surface area (Å²) in [4.78, 5) is 9.49. The van der Waals surface area contributed by atoms with E-state index in [0.717, 1.165) is 11.8 Å². The maximum absolute atomic E-state index is 13.2. The predicted molar refractivity (Wildman–Crippen MR) is 97.4 cm³/mol. The van der Waals surface area contributed by atoms with Crippen molar-refractivity contribution in [1.82, 2.24) is 24.7 Å². The normalized spacial score (nSPS) is 15.4. The molecule has 3 heterocycles. The van der Waals surface area contributed by atoms with Gasteiger partial charge >= 0.3 is 6.18 Å². The quantitative estimate of drug-likeness (QED) is 0.612. The van der Waals surface area contributed by atoms with Gasteiger partial charge in [-0.2, -0.15) is 13.2 Å². The Balaban J connectivity index is 1.75. The Bertz CT molecular complexity index is 987. The number of hydrogen-bond acceptors (Lipinski definition) is 7. The Kier molecular flexibility index (Phi) is 5.11. The molecular formula is C17H17F3N6OS. The lowest BCUT2D eigenvalue weighted by atomic mass is 10.2. The number of rotatable bonds is 4. The van der Waals surface area contributed by atoms with Crippen LogP contribution in [0.5, 0.6) is 0 Å². The topological polar surface area (TPSA) is 69.0 Å². The highest BCUT2D eigenvalue weighted by Crippen LogP contribution is 2.35. The fourth-order valence-electron chi connectivity index (χ4n) is 2.97. The second-order valence-electron chi connectivity index (χ2n) is 6.10. The third kappa shape index (κ3) is 3.63. The zero-order valence-corrected chi connectivity index (χ0v) is 15.8. The van der Waals surface area contributed by atoms with E-state index >= 15 is 0 Å². The molecule has 7 nitrogen and oxygen atoms in total. The van der Waals surface area contributed by atoms with Crippen LogP contribution in [-0.2, 0) is 17.5 Å². The molecule has 2 aromatic heterocycles. The molecule has 0 unspecified atom stereocenters. The van der Waals surface area contributed by atoms with Crippen LogP contribution in [0.4, 0.5) is 19.1 Å². The smallest absolute Gasteiger partial charge is 0.378 e. The molecule has 1 aromatic carbocycles. The number of halogens is 3. The molecule has 0 radical (unpaired) electrons. The monoisotopic (exact) mass is 410 g/mol. The summed E-state index contributed by atoms with van der Waals surface area (Å²) in [5.41, 5.74) is 0.239. The van der Waals surface area contributed by atoms with Crippen molar-refractivity contribution in [3.63, 3.8) is 0 Å². The van der Waals surface area contributed by atoms with Crippen molar-refractivity contribution in [2.75, 3.05) is 31.2 Å². The SMILES string of the molecule is CCn1c(Sc2nc(C(F)(F)F)nc3ccccc23)nnc1N1CCOCC1. The first kappa shape index (κ1) is 18.9. The number of aromatic nitrogens is 5. The summed E-state index contributed by atoms with van der Waals surface area (Å²) in [6.45, 7) is 5.11. The Morgan fingerprint density at radius 1 is 1.11 bits per heavy atom. The van der Waals surface area contributed by atoms with Gasteiger partial charge in [0.15, 0.2) is 5.16 Å². The number of morpholine rings is 1. The van der Waals surface area contributed by atoms with Crippen molar-refractivity contribution in [2.45, 2.75) is 29.8 Å². The number of nitrogens with zero attached hydrogens (tertiary/aromatic N) is 6. The second-order valence-corrected chi connectivity index (χ2v) is 7.05. The molecule has 0 saturated carbocycles. The summed E-state index contributed by atoms with van der Waals surface area (Å²) in [5.74, 6) is -0.479. The van der Waals surface area contributed by atoms with Crippen LogP contribution in [0.15, 0.2) is 34.4 Å². The van der Waals surface area contributed by atoms with Gasteiger partial charge in [0.1, 0.15) is 5.03 Å². The van der Waals surface area contributed by atoms with E-state index in [9.17, 15) is 13.2 Å². The van der Waals surface area contributed by atoms with Crippen molar-refractivity contribution < 1.29 is 17.9 Å². The molecule has 0 amide bonds. The minimum Gasteiger partial charge on any atom is -0.378 e. The van der Waals surface area contributed by atoms with E-state index in [2.05, 4.69) is 25.1 Å². The minimum atomic E-state index is -4.63. The highest BCUT2D eigenvalue weighted by Gasteiger charge is 2.36. The third-order valence-corrected chi connectivity index (χ3v) is 5.31. The Labute approximate surface area is 162 Å². The minimum absolute atomic E-state index is 0.202. The highest BCUT2D eigenvalue weighted by atomic mass is 32.2. The van der Waals surface area contributed by atoms with Crippen LogP contribution in [0.2, 0.25) is 0 Å². The molecule has 1 aliphatic rings. The first-order valence-corrected chi connectivity index (χ1v) is 9.56. The predicted octanol–water partition coefficient (Wildman–Crippen LogP) is 3.25. The van der Waals surface area contributed by atoms with Crippen molar-refractivity contribution in [3.8, 4) is 0 Å². The number of hydrogen-bond donors (Lipinski definition) is 0. The molecule has 148 valence electrons. The molecular weight excluding hydrogens is 393 g/mol. The summed E-state index contributed by atoms with van der Waals surface area (Å²) in [6, 6.07) is 6.63. The van der Waals surface area contributed by atoms with E-state index in [1.54, 1.807) is 24.3 Å². The maximum Gasteiger partial charge on any atom is 0.451 e. The Morgan fingerprint density at radius 3 is 2.57 bits per heavy atom.